The number of amides is 2. The van der Waals surface area contributed by atoms with Crippen LogP contribution in [0.3, 0.4) is 0 Å². The molecule has 1 aliphatic carbocycles. The third kappa shape index (κ3) is 4.69. The van der Waals surface area contributed by atoms with E-state index in [2.05, 4.69) is 17.8 Å². The Morgan fingerprint density at radius 2 is 1.80 bits per heavy atom. The van der Waals surface area contributed by atoms with E-state index in [1.54, 1.807) is 5.38 Å². The number of aryl methyl sites for hydroxylation is 1. The lowest BCUT2D eigenvalue weighted by Crippen LogP contribution is -2.48. The van der Waals surface area contributed by atoms with Gasteiger partial charge < -0.3 is 5.11 Å². The summed E-state index contributed by atoms with van der Waals surface area (Å²) in [5.41, 5.74) is 7.34. The first kappa shape index (κ1) is 19.2. The van der Waals surface area contributed by atoms with Gasteiger partial charge in [-0.15, -0.1) is 11.3 Å². The van der Waals surface area contributed by atoms with Gasteiger partial charge >= 0.3 is 5.97 Å². The Hall–Kier alpha value is -2.15. The second-order valence-electron chi connectivity index (χ2n) is 6.52. The number of rotatable bonds is 5. The van der Waals surface area contributed by atoms with Crippen molar-refractivity contribution in [1.82, 2.24) is 10.9 Å². The van der Waals surface area contributed by atoms with E-state index in [9.17, 15) is 19.5 Å². The van der Waals surface area contributed by atoms with E-state index in [-0.39, 0.29) is 0 Å². The number of aliphatic carboxylic acids is 1. The van der Waals surface area contributed by atoms with Crippen molar-refractivity contribution in [3.63, 3.8) is 0 Å². The van der Waals surface area contributed by atoms with Crippen LogP contribution in [0.25, 0.3) is 0 Å². The minimum Gasteiger partial charge on any atom is -0.481 e. The topological polar surface area (TPSA) is 95.5 Å². The van der Waals surface area contributed by atoms with E-state index in [1.165, 1.54) is 11.3 Å². The Kier molecular flexibility index (Phi) is 6.36. The number of hydrogen-bond donors (Lipinski definition) is 3. The quantitative estimate of drug-likeness (QED) is 0.553. The smallest absolute Gasteiger partial charge is 0.307 e. The van der Waals surface area contributed by atoms with E-state index in [0.717, 1.165) is 28.9 Å². The average Bonchev–Trinajstić information content (AvgIpc) is 3.03. The van der Waals surface area contributed by atoms with Gasteiger partial charge in [-0.3, -0.25) is 25.2 Å². The van der Waals surface area contributed by atoms with Gasteiger partial charge in [0, 0.05) is 10.3 Å². The van der Waals surface area contributed by atoms with Crippen molar-refractivity contribution in [2.24, 2.45) is 11.8 Å². The molecule has 0 bridgehead atoms. The molecule has 1 aromatic rings. The molecular weight excluding hydrogens is 340 g/mol. The van der Waals surface area contributed by atoms with Crippen LogP contribution in [0.15, 0.2) is 22.6 Å². The van der Waals surface area contributed by atoms with Crippen LogP contribution in [-0.2, 0) is 16.0 Å². The SMILES string of the molecule is CCCc1cc(C(=O)NNC(=O)[C@@H]2CC(C)=C(C)C[C@H]2C(=O)O)cs1. The van der Waals surface area contributed by atoms with E-state index in [1.807, 2.05) is 19.9 Å². The highest BCUT2D eigenvalue weighted by Gasteiger charge is 2.37. The first-order chi connectivity index (χ1) is 11.8. The minimum absolute atomic E-state index is 0.359. The van der Waals surface area contributed by atoms with Crippen molar-refractivity contribution in [2.75, 3.05) is 0 Å². The zero-order valence-electron chi connectivity index (χ0n) is 14.7. The zero-order valence-corrected chi connectivity index (χ0v) is 15.5. The van der Waals surface area contributed by atoms with Crippen molar-refractivity contribution in [2.45, 2.75) is 46.5 Å². The van der Waals surface area contributed by atoms with Crippen molar-refractivity contribution >= 4 is 29.1 Å². The van der Waals surface area contributed by atoms with E-state index >= 15 is 0 Å². The number of nitrogens with one attached hydrogen (secondary N) is 2. The van der Waals surface area contributed by atoms with Gasteiger partial charge in [0.1, 0.15) is 0 Å². The zero-order chi connectivity index (χ0) is 18.6. The van der Waals surface area contributed by atoms with Crippen LogP contribution in [0.2, 0.25) is 0 Å². The van der Waals surface area contributed by atoms with Gasteiger partial charge in [0.2, 0.25) is 5.91 Å². The maximum absolute atomic E-state index is 12.4. The largest absolute Gasteiger partial charge is 0.481 e. The molecule has 0 radical (unpaired) electrons. The molecule has 0 aromatic carbocycles. The lowest BCUT2D eigenvalue weighted by Gasteiger charge is -2.29. The fraction of sp³-hybridized carbons (Fsp3) is 0.500. The monoisotopic (exact) mass is 364 g/mol. The first-order valence-electron chi connectivity index (χ1n) is 8.39. The summed E-state index contributed by atoms with van der Waals surface area (Å²) in [5.74, 6) is -3.28. The van der Waals surface area contributed by atoms with Crippen LogP contribution in [0.4, 0.5) is 0 Å². The highest BCUT2D eigenvalue weighted by molar-refractivity contribution is 7.10. The van der Waals surface area contributed by atoms with Crippen molar-refractivity contribution in [3.05, 3.63) is 33.0 Å². The number of allylic oxidation sites excluding steroid dienone is 2. The normalized spacial score (nSPS) is 20.3. The molecule has 7 heteroatoms. The molecule has 1 aliphatic rings. The Bertz CT molecular complexity index is 708. The second-order valence-corrected chi connectivity index (χ2v) is 7.51. The lowest BCUT2D eigenvalue weighted by atomic mass is 9.76. The number of carbonyl (C=O) groups excluding carboxylic acids is 2. The molecule has 136 valence electrons. The van der Waals surface area contributed by atoms with Crippen molar-refractivity contribution < 1.29 is 19.5 Å². The molecule has 0 saturated carbocycles. The van der Waals surface area contributed by atoms with Crippen LogP contribution in [0.1, 0.15) is 55.3 Å². The summed E-state index contributed by atoms with van der Waals surface area (Å²) in [5, 5.41) is 11.1. The van der Waals surface area contributed by atoms with Crippen LogP contribution < -0.4 is 10.9 Å². The molecule has 1 heterocycles. The number of hydrogen-bond acceptors (Lipinski definition) is 4. The first-order valence-corrected chi connectivity index (χ1v) is 9.27. The summed E-state index contributed by atoms with van der Waals surface area (Å²) in [6, 6.07) is 1.81. The Morgan fingerprint density at radius 3 is 2.40 bits per heavy atom. The number of hydrazine groups is 1. The van der Waals surface area contributed by atoms with E-state index < -0.39 is 29.6 Å². The van der Waals surface area contributed by atoms with Gasteiger partial charge in [0.25, 0.3) is 5.91 Å². The maximum Gasteiger partial charge on any atom is 0.307 e. The van der Waals surface area contributed by atoms with Gasteiger partial charge in [-0.25, -0.2) is 0 Å². The van der Waals surface area contributed by atoms with Crippen LogP contribution in [0, 0.1) is 11.8 Å². The average molecular weight is 364 g/mol. The molecule has 2 atom stereocenters. The molecule has 6 nitrogen and oxygen atoms in total. The molecule has 1 aromatic heterocycles. The van der Waals surface area contributed by atoms with Gasteiger partial charge in [-0.2, -0.15) is 0 Å². The Labute approximate surface area is 151 Å². The molecule has 0 spiro atoms. The van der Waals surface area contributed by atoms with Gasteiger partial charge in [-0.1, -0.05) is 24.5 Å². The van der Waals surface area contributed by atoms with Crippen LogP contribution in [0.5, 0.6) is 0 Å². The van der Waals surface area contributed by atoms with E-state index in [4.69, 9.17) is 0 Å². The highest BCUT2D eigenvalue weighted by Crippen LogP contribution is 2.34. The third-order valence-corrected chi connectivity index (χ3v) is 5.63. The number of carbonyl (C=O) groups is 3. The number of thiophene rings is 1. The fourth-order valence-electron chi connectivity index (χ4n) is 2.99. The van der Waals surface area contributed by atoms with Gasteiger partial charge in [0.15, 0.2) is 0 Å². The third-order valence-electron chi connectivity index (χ3n) is 4.63. The van der Waals surface area contributed by atoms with Crippen LogP contribution in [-0.4, -0.2) is 22.9 Å². The number of carboxylic acid groups (broad SMARTS) is 1. The standard InChI is InChI=1S/C18H24N2O4S/c1-4-5-13-8-12(9-25-13)16(21)19-20-17(22)14-6-10(2)11(3)7-15(14)18(23)24/h8-9,14-15H,4-7H2,1-3H3,(H,19,21)(H,20,22)(H,23,24)/t14-,15-/m1/s1. The van der Waals surface area contributed by atoms with Gasteiger partial charge in [0.05, 0.1) is 17.4 Å². The summed E-state index contributed by atoms with van der Waals surface area (Å²) in [6.07, 6.45) is 2.67. The summed E-state index contributed by atoms with van der Waals surface area (Å²) in [4.78, 5) is 37.1. The Morgan fingerprint density at radius 1 is 1.16 bits per heavy atom. The molecule has 0 fully saturated rings. The molecule has 2 rings (SSSR count). The molecule has 0 aliphatic heterocycles. The minimum atomic E-state index is -0.986. The predicted octanol–water partition coefficient (Wildman–Crippen LogP) is 2.91. The summed E-state index contributed by atoms with van der Waals surface area (Å²) < 4.78 is 0. The molecule has 25 heavy (non-hydrogen) atoms. The molecule has 0 unspecified atom stereocenters. The molecule has 3 N–H and O–H groups in total. The predicted molar refractivity (Wildman–Crippen MR) is 96.1 cm³/mol. The van der Waals surface area contributed by atoms with Crippen molar-refractivity contribution in [3.8, 4) is 0 Å². The molecular formula is C18H24N2O4S. The highest BCUT2D eigenvalue weighted by atomic mass is 32.1. The van der Waals surface area contributed by atoms with E-state index in [0.29, 0.717) is 18.4 Å². The number of carboxylic acids is 1. The lowest BCUT2D eigenvalue weighted by molar-refractivity contribution is -0.147. The molecule has 0 saturated heterocycles. The van der Waals surface area contributed by atoms with Crippen molar-refractivity contribution in [1.29, 1.82) is 0 Å². The van der Waals surface area contributed by atoms with Crippen LogP contribution >= 0.6 is 11.3 Å². The summed E-state index contributed by atoms with van der Waals surface area (Å²) in [6.45, 7) is 5.87. The Balaban J connectivity index is 1.98. The fourth-order valence-corrected chi connectivity index (χ4v) is 3.96. The van der Waals surface area contributed by atoms with Gasteiger partial charge in [-0.05, 0) is 39.2 Å². The maximum atomic E-state index is 12.4. The second kappa shape index (κ2) is 8.29. The summed E-state index contributed by atoms with van der Waals surface area (Å²) in [7, 11) is 0. The summed E-state index contributed by atoms with van der Waals surface area (Å²) >= 11 is 1.51. The molecule has 2 amide bonds.